The Bertz CT molecular complexity index is 363. The minimum absolute atomic E-state index is 0.194. The monoisotopic (exact) mass is 298 g/mol. The number of rotatable bonds is 2. The van der Waals surface area contributed by atoms with Crippen molar-refractivity contribution in [3.63, 3.8) is 0 Å². The molecule has 0 saturated carbocycles. The Morgan fingerprint density at radius 1 is 1.14 bits per heavy atom. The van der Waals surface area contributed by atoms with Crippen LogP contribution in [-0.2, 0) is 14.3 Å². The lowest BCUT2D eigenvalue weighted by molar-refractivity contribution is -0.177. The van der Waals surface area contributed by atoms with E-state index in [2.05, 4.69) is 4.90 Å². The molecule has 3 saturated heterocycles. The summed E-state index contributed by atoms with van der Waals surface area (Å²) in [6, 6.07) is 0. The van der Waals surface area contributed by atoms with Crippen LogP contribution in [0.15, 0.2) is 0 Å². The van der Waals surface area contributed by atoms with Gasteiger partial charge in [0.1, 0.15) is 0 Å². The zero-order chi connectivity index (χ0) is 14.7. The van der Waals surface area contributed by atoms with Crippen LogP contribution >= 0.6 is 0 Å². The van der Waals surface area contributed by atoms with Crippen molar-refractivity contribution < 1.29 is 19.4 Å². The van der Waals surface area contributed by atoms with Gasteiger partial charge in [-0.25, -0.2) is 0 Å². The van der Waals surface area contributed by atoms with Crippen molar-refractivity contribution in [3.8, 4) is 0 Å². The molecule has 3 aliphatic heterocycles. The number of ether oxygens (including phenoxy) is 2. The zero-order valence-corrected chi connectivity index (χ0v) is 12.6. The minimum Gasteiger partial charge on any atom is -0.390 e. The number of nitrogens with zero attached hydrogens (tertiary/aromatic N) is 2. The van der Waals surface area contributed by atoms with E-state index in [1.807, 2.05) is 4.90 Å². The molecule has 1 amide bonds. The summed E-state index contributed by atoms with van der Waals surface area (Å²) < 4.78 is 11.2. The first-order valence-electron chi connectivity index (χ1n) is 8.09. The van der Waals surface area contributed by atoms with Gasteiger partial charge in [-0.05, 0) is 25.7 Å². The van der Waals surface area contributed by atoms with E-state index < -0.39 is 0 Å². The molecular formula is C15H26N2O4. The second-order valence-corrected chi connectivity index (χ2v) is 6.34. The maximum absolute atomic E-state index is 12.2. The number of carbonyl (C=O) groups is 1. The van der Waals surface area contributed by atoms with E-state index in [9.17, 15) is 9.90 Å². The van der Waals surface area contributed by atoms with Crippen LogP contribution in [0.2, 0.25) is 0 Å². The normalized spacial score (nSPS) is 30.5. The molecule has 1 unspecified atom stereocenters. The van der Waals surface area contributed by atoms with Crippen molar-refractivity contribution in [2.75, 3.05) is 52.5 Å². The summed E-state index contributed by atoms with van der Waals surface area (Å²) in [6.45, 7) is 5.59. The minimum atomic E-state index is -0.350. The van der Waals surface area contributed by atoms with Gasteiger partial charge in [-0.2, -0.15) is 0 Å². The van der Waals surface area contributed by atoms with Gasteiger partial charge < -0.3 is 19.5 Å². The van der Waals surface area contributed by atoms with E-state index in [-0.39, 0.29) is 17.6 Å². The highest BCUT2D eigenvalue weighted by atomic mass is 16.5. The molecule has 120 valence electrons. The van der Waals surface area contributed by atoms with Crippen LogP contribution in [0.5, 0.6) is 0 Å². The number of hydrogen-bond donors (Lipinski definition) is 1. The maximum Gasteiger partial charge on any atom is 0.236 e. The van der Waals surface area contributed by atoms with E-state index in [1.165, 1.54) is 0 Å². The molecule has 6 nitrogen and oxygen atoms in total. The Kier molecular flexibility index (Phi) is 4.78. The highest BCUT2D eigenvalue weighted by Crippen LogP contribution is 2.35. The van der Waals surface area contributed by atoms with Crippen molar-refractivity contribution in [1.82, 2.24) is 9.80 Å². The highest BCUT2D eigenvalue weighted by molar-refractivity contribution is 5.78. The number of likely N-dealkylation sites (tertiary alicyclic amines) is 1. The van der Waals surface area contributed by atoms with E-state index in [0.29, 0.717) is 32.8 Å². The summed E-state index contributed by atoms with van der Waals surface area (Å²) >= 11 is 0. The quantitative estimate of drug-likeness (QED) is 0.768. The van der Waals surface area contributed by atoms with Crippen LogP contribution in [0, 0.1) is 0 Å². The molecule has 0 aromatic carbocycles. The smallest absolute Gasteiger partial charge is 0.236 e. The van der Waals surface area contributed by atoms with Crippen molar-refractivity contribution in [1.29, 1.82) is 0 Å². The third-order valence-corrected chi connectivity index (χ3v) is 5.04. The van der Waals surface area contributed by atoms with Crippen molar-refractivity contribution in [3.05, 3.63) is 0 Å². The summed E-state index contributed by atoms with van der Waals surface area (Å²) in [5, 5.41) is 10.2. The van der Waals surface area contributed by atoms with Gasteiger partial charge in [0.15, 0.2) is 0 Å². The van der Waals surface area contributed by atoms with Crippen LogP contribution in [-0.4, -0.2) is 85.1 Å². The number of morpholine rings is 1. The van der Waals surface area contributed by atoms with Crippen LogP contribution in [0.1, 0.15) is 25.7 Å². The molecular weight excluding hydrogens is 272 g/mol. The van der Waals surface area contributed by atoms with Crippen LogP contribution in [0.25, 0.3) is 0 Å². The number of amides is 1. The zero-order valence-electron chi connectivity index (χ0n) is 12.6. The average Bonchev–Trinajstić information content (AvgIpc) is 2.53. The van der Waals surface area contributed by atoms with Crippen molar-refractivity contribution in [2.24, 2.45) is 0 Å². The fourth-order valence-corrected chi connectivity index (χ4v) is 3.58. The van der Waals surface area contributed by atoms with E-state index in [1.54, 1.807) is 0 Å². The molecule has 0 aliphatic carbocycles. The Morgan fingerprint density at radius 2 is 1.86 bits per heavy atom. The average molecular weight is 298 g/mol. The summed E-state index contributed by atoms with van der Waals surface area (Å²) in [4.78, 5) is 16.3. The molecule has 21 heavy (non-hydrogen) atoms. The molecule has 3 fully saturated rings. The predicted molar refractivity (Wildman–Crippen MR) is 77.0 cm³/mol. The Balaban J connectivity index is 1.48. The highest BCUT2D eigenvalue weighted by Gasteiger charge is 2.43. The van der Waals surface area contributed by atoms with Gasteiger partial charge in [0.25, 0.3) is 0 Å². The van der Waals surface area contributed by atoms with Gasteiger partial charge in [-0.1, -0.05) is 0 Å². The Hall–Kier alpha value is -0.690. The molecule has 1 atom stereocenters. The first kappa shape index (κ1) is 15.2. The molecule has 0 bridgehead atoms. The number of carbonyl (C=O) groups excluding carboxylic acids is 1. The second kappa shape index (κ2) is 6.60. The predicted octanol–water partition coefficient (Wildman–Crippen LogP) is -0.149. The molecule has 6 heteroatoms. The Labute approximate surface area is 126 Å². The Morgan fingerprint density at radius 3 is 2.52 bits per heavy atom. The van der Waals surface area contributed by atoms with Gasteiger partial charge in [0, 0.05) is 32.8 Å². The van der Waals surface area contributed by atoms with Crippen LogP contribution < -0.4 is 0 Å². The molecule has 3 aliphatic rings. The summed E-state index contributed by atoms with van der Waals surface area (Å²) in [7, 11) is 0. The third kappa shape index (κ3) is 3.39. The summed E-state index contributed by atoms with van der Waals surface area (Å²) in [5.74, 6) is 0.194. The standard InChI is InChI=1S/C15H26N2O4/c18-13-2-1-9-21-15(13)3-5-16(6-4-15)12-14(19)17-7-10-20-11-8-17/h13,18H,1-12H2. The fourth-order valence-electron chi connectivity index (χ4n) is 3.58. The van der Waals surface area contributed by atoms with E-state index in [4.69, 9.17) is 9.47 Å². The second-order valence-electron chi connectivity index (χ2n) is 6.34. The van der Waals surface area contributed by atoms with Crippen molar-refractivity contribution in [2.45, 2.75) is 37.4 Å². The van der Waals surface area contributed by atoms with Crippen molar-refractivity contribution >= 4 is 5.91 Å². The molecule has 3 rings (SSSR count). The molecule has 3 heterocycles. The van der Waals surface area contributed by atoms with Gasteiger partial charge in [0.05, 0.1) is 31.5 Å². The van der Waals surface area contributed by atoms with Crippen LogP contribution in [0.4, 0.5) is 0 Å². The number of hydrogen-bond acceptors (Lipinski definition) is 5. The largest absolute Gasteiger partial charge is 0.390 e. The lowest BCUT2D eigenvalue weighted by Gasteiger charge is -2.46. The lowest BCUT2D eigenvalue weighted by atomic mass is 9.82. The third-order valence-electron chi connectivity index (χ3n) is 5.04. The SMILES string of the molecule is O=C(CN1CCC2(CC1)OCCCC2O)N1CCOCC1. The van der Waals surface area contributed by atoms with E-state index >= 15 is 0 Å². The molecule has 0 radical (unpaired) electrons. The molecule has 0 aromatic rings. The summed E-state index contributed by atoms with van der Waals surface area (Å²) in [5.41, 5.74) is -0.350. The molecule has 1 N–H and O–H groups in total. The van der Waals surface area contributed by atoms with Gasteiger partial charge in [-0.15, -0.1) is 0 Å². The first-order valence-corrected chi connectivity index (χ1v) is 8.09. The molecule has 1 spiro atoms. The first-order chi connectivity index (χ1) is 10.2. The van der Waals surface area contributed by atoms with Gasteiger partial charge in [-0.3, -0.25) is 9.69 Å². The van der Waals surface area contributed by atoms with Gasteiger partial charge in [0.2, 0.25) is 5.91 Å². The summed E-state index contributed by atoms with van der Waals surface area (Å²) in [6.07, 6.45) is 3.09. The lowest BCUT2D eigenvalue weighted by Crippen LogP contribution is -2.56. The maximum atomic E-state index is 12.2. The fraction of sp³-hybridized carbons (Fsp3) is 0.933. The van der Waals surface area contributed by atoms with E-state index in [0.717, 1.165) is 45.4 Å². The van der Waals surface area contributed by atoms with Gasteiger partial charge >= 0.3 is 0 Å². The molecule has 0 aromatic heterocycles. The van der Waals surface area contributed by atoms with Crippen LogP contribution in [0.3, 0.4) is 0 Å². The number of piperidine rings is 1. The topological polar surface area (TPSA) is 62.2 Å². The number of aliphatic hydroxyl groups is 1. The number of aliphatic hydroxyl groups excluding tert-OH is 1.